The third-order valence-electron chi connectivity index (χ3n) is 3.69. The van der Waals surface area contributed by atoms with Crippen molar-refractivity contribution >= 4 is 21.8 Å². The first-order valence-corrected chi connectivity index (χ1v) is 9.26. The molecule has 2 aromatic carbocycles. The lowest BCUT2D eigenvalue weighted by molar-refractivity contribution is 0.0473. The number of carbonyl (C=O) groups excluding carboxylic acids is 2. The molecule has 0 aliphatic carbocycles. The third-order valence-corrected chi connectivity index (χ3v) is 5.10. The van der Waals surface area contributed by atoms with E-state index in [1.54, 1.807) is 12.1 Å². The molecular weight excluding hydrogens is 374 g/mol. The lowest BCUT2D eigenvalue weighted by Crippen LogP contribution is -2.19. The second-order valence-electron chi connectivity index (χ2n) is 5.30. The van der Waals surface area contributed by atoms with E-state index in [0.29, 0.717) is 11.5 Å². The van der Waals surface area contributed by atoms with E-state index in [2.05, 4.69) is 4.72 Å². The van der Waals surface area contributed by atoms with Crippen LogP contribution in [0.2, 0.25) is 0 Å². The van der Waals surface area contributed by atoms with Crippen molar-refractivity contribution in [3.63, 3.8) is 0 Å². The summed E-state index contributed by atoms with van der Waals surface area (Å²) in [6, 6.07) is 10.0. The van der Waals surface area contributed by atoms with E-state index in [-0.39, 0.29) is 16.0 Å². The maximum atomic E-state index is 12.4. The SMILES string of the molecule is CNS(=O)(=O)c1cccc(C(=O)OCC(=O)c2cc(OC)ccc2OC)c1. The van der Waals surface area contributed by atoms with Crippen molar-refractivity contribution in [1.29, 1.82) is 0 Å². The molecule has 0 aromatic heterocycles. The van der Waals surface area contributed by atoms with Crippen LogP contribution in [0.25, 0.3) is 0 Å². The van der Waals surface area contributed by atoms with Gasteiger partial charge in [0.25, 0.3) is 0 Å². The molecule has 0 saturated carbocycles. The van der Waals surface area contributed by atoms with E-state index in [1.807, 2.05) is 0 Å². The zero-order chi connectivity index (χ0) is 20.0. The molecule has 0 unspecified atom stereocenters. The average molecular weight is 393 g/mol. The quantitative estimate of drug-likeness (QED) is 0.537. The first-order chi connectivity index (χ1) is 12.8. The third kappa shape index (κ3) is 4.83. The van der Waals surface area contributed by atoms with Crippen LogP contribution in [0, 0.1) is 0 Å². The zero-order valence-electron chi connectivity index (χ0n) is 15.0. The van der Waals surface area contributed by atoms with Crippen LogP contribution in [-0.4, -0.2) is 48.0 Å². The molecule has 0 fully saturated rings. The summed E-state index contributed by atoms with van der Waals surface area (Å²) in [4.78, 5) is 24.5. The zero-order valence-corrected chi connectivity index (χ0v) is 15.8. The fourth-order valence-corrected chi connectivity index (χ4v) is 3.01. The van der Waals surface area contributed by atoms with Gasteiger partial charge in [-0.05, 0) is 43.4 Å². The predicted octanol–water partition coefficient (Wildman–Crippen LogP) is 1.65. The average Bonchev–Trinajstić information content (AvgIpc) is 2.71. The Morgan fingerprint density at radius 2 is 1.78 bits per heavy atom. The van der Waals surface area contributed by atoms with E-state index in [4.69, 9.17) is 14.2 Å². The highest BCUT2D eigenvalue weighted by Gasteiger charge is 2.18. The van der Waals surface area contributed by atoms with Gasteiger partial charge in [0.2, 0.25) is 15.8 Å². The highest BCUT2D eigenvalue weighted by molar-refractivity contribution is 7.89. The summed E-state index contributed by atoms with van der Waals surface area (Å²) in [7, 11) is 0.440. The number of nitrogens with one attached hydrogen (secondary N) is 1. The van der Waals surface area contributed by atoms with Gasteiger partial charge >= 0.3 is 5.97 Å². The Balaban J connectivity index is 2.14. The summed E-state index contributed by atoms with van der Waals surface area (Å²) in [5.41, 5.74) is 0.216. The van der Waals surface area contributed by atoms with E-state index in [0.717, 1.165) is 0 Å². The minimum Gasteiger partial charge on any atom is -0.497 e. The van der Waals surface area contributed by atoms with Gasteiger partial charge in [-0.15, -0.1) is 0 Å². The summed E-state index contributed by atoms with van der Waals surface area (Å²) in [6.45, 7) is -0.536. The minimum atomic E-state index is -3.70. The lowest BCUT2D eigenvalue weighted by atomic mass is 10.1. The second-order valence-corrected chi connectivity index (χ2v) is 7.19. The van der Waals surface area contributed by atoms with Crippen molar-refractivity contribution in [2.75, 3.05) is 27.9 Å². The van der Waals surface area contributed by atoms with Crippen LogP contribution < -0.4 is 14.2 Å². The van der Waals surface area contributed by atoms with Gasteiger partial charge in [-0.2, -0.15) is 0 Å². The maximum Gasteiger partial charge on any atom is 0.338 e. The molecule has 0 atom stereocenters. The standard InChI is InChI=1S/C18H19NO7S/c1-19-27(22,23)14-6-4-5-12(9-14)18(21)26-11-16(20)15-10-13(24-2)7-8-17(15)25-3/h4-10,19H,11H2,1-3H3. The number of benzene rings is 2. The number of ketones is 1. The minimum absolute atomic E-state index is 0.0109. The van der Waals surface area contributed by atoms with Crippen LogP contribution in [0.1, 0.15) is 20.7 Å². The topological polar surface area (TPSA) is 108 Å². The molecule has 1 N–H and O–H groups in total. The second kappa shape index (κ2) is 8.65. The molecule has 0 saturated heterocycles. The van der Waals surface area contributed by atoms with Gasteiger partial charge in [-0.1, -0.05) is 6.07 Å². The summed E-state index contributed by atoms with van der Waals surface area (Å²) >= 11 is 0. The van der Waals surface area contributed by atoms with Crippen LogP contribution >= 0.6 is 0 Å². The summed E-state index contributed by atoms with van der Waals surface area (Å²) in [5, 5.41) is 0. The number of esters is 1. The van der Waals surface area contributed by atoms with Gasteiger partial charge in [0.15, 0.2) is 6.61 Å². The van der Waals surface area contributed by atoms with Crippen molar-refractivity contribution in [3.05, 3.63) is 53.6 Å². The number of ether oxygens (including phenoxy) is 3. The number of rotatable bonds is 8. The van der Waals surface area contributed by atoms with Crippen molar-refractivity contribution in [1.82, 2.24) is 4.72 Å². The molecule has 2 aromatic rings. The summed E-state index contributed by atoms with van der Waals surface area (Å²) < 4.78 is 41.0. The fraction of sp³-hybridized carbons (Fsp3) is 0.222. The van der Waals surface area contributed by atoms with Gasteiger partial charge in [0.05, 0.1) is 30.2 Å². The van der Waals surface area contributed by atoms with Gasteiger partial charge in [0, 0.05) is 0 Å². The number of carbonyl (C=O) groups is 2. The van der Waals surface area contributed by atoms with Gasteiger partial charge in [-0.25, -0.2) is 17.9 Å². The van der Waals surface area contributed by atoms with Crippen molar-refractivity contribution in [2.24, 2.45) is 0 Å². The number of hydrogen-bond donors (Lipinski definition) is 1. The smallest absolute Gasteiger partial charge is 0.338 e. The van der Waals surface area contributed by atoms with Crippen LogP contribution in [-0.2, 0) is 14.8 Å². The van der Waals surface area contributed by atoms with Crippen LogP contribution in [0.3, 0.4) is 0 Å². The normalized spacial score (nSPS) is 10.9. The molecule has 2 rings (SSSR count). The molecule has 0 aliphatic rings. The highest BCUT2D eigenvalue weighted by Crippen LogP contribution is 2.24. The highest BCUT2D eigenvalue weighted by atomic mass is 32.2. The summed E-state index contributed by atoms with van der Waals surface area (Å²) in [5.74, 6) is -0.536. The number of sulfonamides is 1. The van der Waals surface area contributed by atoms with Crippen molar-refractivity contribution < 1.29 is 32.2 Å². The molecule has 0 spiro atoms. The largest absolute Gasteiger partial charge is 0.497 e. The Hall–Kier alpha value is -2.91. The molecular formula is C18H19NO7S. The molecule has 9 heteroatoms. The Bertz CT molecular complexity index is 954. The van der Waals surface area contributed by atoms with E-state index in [1.165, 1.54) is 51.6 Å². The number of Topliss-reactive ketones (excluding diaryl/α,β-unsaturated/α-hetero) is 1. The van der Waals surface area contributed by atoms with Gasteiger partial charge in [-0.3, -0.25) is 4.79 Å². The molecule has 0 amide bonds. The fourth-order valence-electron chi connectivity index (χ4n) is 2.23. The summed E-state index contributed by atoms with van der Waals surface area (Å²) in [6.07, 6.45) is 0. The molecule has 0 bridgehead atoms. The lowest BCUT2D eigenvalue weighted by Gasteiger charge is -2.10. The Morgan fingerprint density at radius 1 is 1.04 bits per heavy atom. The van der Waals surface area contributed by atoms with Gasteiger partial charge < -0.3 is 14.2 Å². The van der Waals surface area contributed by atoms with E-state index < -0.39 is 28.4 Å². The molecule has 0 aliphatic heterocycles. The first kappa shape index (κ1) is 20.4. The molecule has 27 heavy (non-hydrogen) atoms. The van der Waals surface area contributed by atoms with E-state index >= 15 is 0 Å². The maximum absolute atomic E-state index is 12.4. The number of methoxy groups -OCH3 is 2. The van der Waals surface area contributed by atoms with E-state index in [9.17, 15) is 18.0 Å². The molecule has 144 valence electrons. The van der Waals surface area contributed by atoms with Crippen LogP contribution in [0.15, 0.2) is 47.4 Å². The van der Waals surface area contributed by atoms with Crippen molar-refractivity contribution in [2.45, 2.75) is 4.90 Å². The van der Waals surface area contributed by atoms with Crippen LogP contribution in [0.4, 0.5) is 0 Å². The first-order valence-electron chi connectivity index (χ1n) is 7.78. The number of hydrogen-bond acceptors (Lipinski definition) is 7. The Kier molecular flexibility index (Phi) is 6.54. The van der Waals surface area contributed by atoms with Crippen molar-refractivity contribution in [3.8, 4) is 11.5 Å². The predicted molar refractivity (Wildman–Crippen MR) is 96.8 cm³/mol. The Morgan fingerprint density at radius 3 is 2.41 bits per heavy atom. The van der Waals surface area contributed by atoms with Crippen LogP contribution in [0.5, 0.6) is 11.5 Å². The molecule has 0 heterocycles. The van der Waals surface area contributed by atoms with Gasteiger partial charge in [0.1, 0.15) is 11.5 Å². The Labute approximate surface area is 157 Å². The molecule has 0 radical (unpaired) electrons. The monoisotopic (exact) mass is 393 g/mol. The molecule has 8 nitrogen and oxygen atoms in total.